The number of rotatable bonds is 7. The first kappa shape index (κ1) is 23.3. The minimum absolute atomic E-state index is 0.0380. The van der Waals surface area contributed by atoms with E-state index in [-0.39, 0.29) is 29.7 Å². The van der Waals surface area contributed by atoms with Crippen LogP contribution in [0.3, 0.4) is 0 Å². The van der Waals surface area contributed by atoms with Crippen LogP contribution in [0.2, 0.25) is 5.02 Å². The van der Waals surface area contributed by atoms with Gasteiger partial charge in [-0.25, -0.2) is 0 Å². The highest BCUT2D eigenvalue weighted by Crippen LogP contribution is 2.35. The van der Waals surface area contributed by atoms with Gasteiger partial charge in [0.15, 0.2) is 0 Å². The second-order valence-electron chi connectivity index (χ2n) is 9.30. The van der Waals surface area contributed by atoms with Crippen LogP contribution in [-0.2, 0) is 6.54 Å². The van der Waals surface area contributed by atoms with Crippen molar-refractivity contribution in [3.05, 3.63) is 69.1 Å². The van der Waals surface area contributed by atoms with Gasteiger partial charge in [0.25, 0.3) is 11.6 Å². The fourth-order valence-electron chi connectivity index (χ4n) is 4.41. The Morgan fingerprint density at radius 3 is 2.51 bits per heavy atom. The second kappa shape index (κ2) is 9.65. The molecule has 1 aliphatic heterocycles. The molecule has 1 saturated heterocycles. The van der Waals surface area contributed by atoms with Crippen LogP contribution in [0.4, 0.5) is 11.4 Å². The molecule has 182 valence electrons. The maximum atomic E-state index is 13.4. The van der Waals surface area contributed by atoms with Crippen molar-refractivity contribution in [2.75, 3.05) is 18.0 Å². The highest BCUT2D eigenvalue weighted by Gasteiger charge is 2.35. The molecule has 2 fully saturated rings. The van der Waals surface area contributed by atoms with Gasteiger partial charge in [-0.3, -0.25) is 14.9 Å². The number of piperidine rings is 1. The van der Waals surface area contributed by atoms with Gasteiger partial charge in [-0.1, -0.05) is 18.5 Å². The molecule has 2 aliphatic rings. The summed E-state index contributed by atoms with van der Waals surface area (Å²) in [5.74, 6) is 0.989. The predicted octanol–water partition coefficient (Wildman–Crippen LogP) is 5.34. The summed E-state index contributed by atoms with van der Waals surface area (Å²) in [7, 11) is 0. The summed E-state index contributed by atoms with van der Waals surface area (Å²) in [5.41, 5.74) is 1.55. The van der Waals surface area contributed by atoms with Gasteiger partial charge in [0.2, 0.25) is 11.8 Å². The largest absolute Gasteiger partial charge is 0.419 e. The lowest BCUT2D eigenvalue weighted by Gasteiger charge is -2.31. The molecule has 10 heteroatoms. The monoisotopic (exact) mass is 495 g/mol. The molecule has 0 spiro atoms. The lowest BCUT2D eigenvalue weighted by molar-refractivity contribution is -0.384. The first-order chi connectivity index (χ1) is 16.9. The summed E-state index contributed by atoms with van der Waals surface area (Å²) in [6.45, 7) is 3.89. The third kappa shape index (κ3) is 5.14. The standard InChI is InChI=1S/C25H26ClN5O4/c1-16-10-12-29(13-11-16)21-9-4-18(14-22(21)31(33)34)25(32)30(20-7-8-20)15-23-27-28-24(35-23)17-2-5-19(26)6-3-17/h2-6,9,14,16,20H,7-8,10-13,15H2,1H3. The zero-order valence-electron chi connectivity index (χ0n) is 19.4. The van der Waals surface area contributed by atoms with Crippen molar-refractivity contribution in [1.82, 2.24) is 15.1 Å². The van der Waals surface area contributed by atoms with E-state index in [9.17, 15) is 14.9 Å². The van der Waals surface area contributed by atoms with Gasteiger partial charge < -0.3 is 14.2 Å². The van der Waals surface area contributed by atoms with E-state index in [4.69, 9.17) is 16.0 Å². The smallest absolute Gasteiger partial charge is 0.293 e. The zero-order valence-corrected chi connectivity index (χ0v) is 20.1. The third-order valence-corrected chi connectivity index (χ3v) is 6.91. The molecule has 1 amide bonds. The maximum Gasteiger partial charge on any atom is 0.293 e. The molecular formula is C25H26ClN5O4. The molecule has 3 aromatic rings. The van der Waals surface area contributed by atoms with Crippen molar-refractivity contribution >= 4 is 28.9 Å². The summed E-state index contributed by atoms with van der Waals surface area (Å²) in [6, 6.07) is 11.9. The number of hydrogen-bond donors (Lipinski definition) is 0. The zero-order chi connectivity index (χ0) is 24.5. The normalized spacial score (nSPS) is 16.3. The summed E-state index contributed by atoms with van der Waals surface area (Å²) < 4.78 is 5.80. The van der Waals surface area contributed by atoms with Crippen LogP contribution in [0.15, 0.2) is 46.9 Å². The van der Waals surface area contributed by atoms with Crippen LogP contribution < -0.4 is 4.90 Å². The van der Waals surface area contributed by atoms with Gasteiger partial charge in [-0.15, -0.1) is 10.2 Å². The molecule has 0 N–H and O–H groups in total. The van der Waals surface area contributed by atoms with Crippen molar-refractivity contribution in [2.24, 2.45) is 5.92 Å². The van der Waals surface area contributed by atoms with E-state index in [0.717, 1.165) is 44.3 Å². The van der Waals surface area contributed by atoms with Gasteiger partial charge in [0, 0.05) is 41.3 Å². The highest BCUT2D eigenvalue weighted by molar-refractivity contribution is 6.30. The van der Waals surface area contributed by atoms with Crippen LogP contribution in [-0.4, -0.2) is 45.1 Å². The Balaban J connectivity index is 1.36. The van der Waals surface area contributed by atoms with E-state index in [1.165, 1.54) is 6.07 Å². The number of nitrogens with zero attached hydrogens (tertiary/aromatic N) is 5. The van der Waals surface area contributed by atoms with Crippen molar-refractivity contribution in [2.45, 2.75) is 45.2 Å². The number of aromatic nitrogens is 2. The van der Waals surface area contributed by atoms with Crippen molar-refractivity contribution in [3.8, 4) is 11.5 Å². The highest BCUT2D eigenvalue weighted by atomic mass is 35.5. The van der Waals surface area contributed by atoms with Gasteiger partial charge in [0.1, 0.15) is 5.69 Å². The molecule has 0 atom stereocenters. The first-order valence-electron chi connectivity index (χ1n) is 11.8. The fraction of sp³-hybridized carbons (Fsp3) is 0.400. The molecule has 2 heterocycles. The Kier molecular flexibility index (Phi) is 6.42. The molecule has 5 rings (SSSR count). The Hall–Kier alpha value is -3.46. The van der Waals surface area contributed by atoms with E-state index >= 15 is 0 Å². The summed E-state index contributed by atoms with van der Waals surface area (Å²) in [6.07, 6.45) is 3.73. The Morgan fingerprint density at radius 2 is 1.86 bits per heavy atom. The third-order valence-electron chi connectivity index (χ3n) is 6.66. The van der Waals surface area contributed by atoms with E-state index in [1.807, 2.05) is 4.90 Å². The number of carbonyl (C=O) groups is 1. The van der Waals surface area contributed by atoms with Crippen LogP contribution in [0.25, 0.3) is 11.5 Å². The summed E-state index contributed by atoms with van der Waals surface area (Å²) in [5, 5.41) is 20.7. The van der Waals surface area contributed by atoms with Gasteiger partial charge in [-0.05, 0) is 68.0 Å². The quantitative estimate of drug-likeness (QED) is 0.321. The Morgan fingerprint density at radius 1 is 1.14 bits per heavy atom. The number of hydrogen-bond acceptors (Lipinski definition) is 7. The molecule has 0 bridgehead atoms. The number of carbonyl (C=O) groups excluding carboxylic acids is 1. The molecule has 1 aromatic heterocycles. The van der Waals surface area contributed by atoms with E-state index in [2.05, 4.69) is 17.1 Å². The second-order valence-corrected chi connectivity index (χ2v) is 9.74. The van der Waals surface area contributed by atoms with Gasteiger partial charge >= 0.3 is 0 Å². The van der Waals surface area contributed by atoms with Crippen LogP contribution in [0, 0.1) is 16.0 Å². The minimum atomic E-state index is -0.401. The Labute approximate surface area is 207 Å². The lowest BCUT2D eigenvalue weighted by atomic mass is 9.98. The molecule has 1 saturated carbocycles. The van der Waals surface area contributed by atoms with Crippen molar-refractivity contribution in [3.63, 3.8) is 0 Å². The predicted molar refractivity (Wildman–Crippen MR) is 131 cm³/mol. The molecule has 1 aliphatic carbocycles. The minimum Gasteiger partial charge on any atom is -0.419 e. The van der Waals surface area contributed by atoms with Crippen molar-refractivity contribution < 1.29 is 14.1 Å². The van der Waals surface area contributed by atoms with E-state index in [1.54, 1.807) is 41.3 Å². The van der Waals surface area contributed by atoms with Crippen LogP contribution in [0.5, 0.6) is 0 Å². The molecule has 35 heavy (non-hydrogen) atoms. The van der Waals surface area contributed by atoms with Gasteiger partial charge in [-0.2, -0.15) is 0 Å². The number of nitro groups is 1. The molecule has 0 radical (unpaired) electrons. The Bertz CT molecular complexity index is 1230. The molecule has 9 nitrogen and oxygen atoms in total. The SMILES string of the molecule is CC1CCN(c2ccc(C(=O)N(Cc3nnc(-c4ccc(Cl)cc4)o3)C3CC3)cc2[N+](=O)[O-])CC1. The number of nitro benzene ring substituents is 1. The fourth-order valence-corrected chi connectivity index (χ4v) is 4.54. The first-order valence-corrected chi connectivity index (χ1v) is 12.2. The number of benzene rings is 2. The van der Waals surface area contributed by atoms with E-state index in [0.29, 0.717) is 28.4 Å². The topological polar surface area (TPSA) is 106 Å². The number of halogens is 1. The average Bonchev–Trinajstić information content (AvgIpc) is 3.60. The number of anilines is 1. The summed E-state index contributed by atoms with van der Waals surface area (Å²) in [4.78, 5) is 28.6. The lowest BCUT2D eigenvalue weighted by Crippen LogP contribution is -2.34. The van der Waals surface area contributed by atoms with Crippen molar-refractivity contribution in [1.29, 1.82) is 0 Å². The average molecular weight is 496 g/mol. The molecule has 2 aromatic carbocycles. The number of amides is 1. The van der Waals surface area contributed by atoms with Crippen LogP contribution >= 0.6 is 11.6 Å². The summed E-state index contributed by atoms with van der Waals surface area (Å²) >= 11 is 5.94. The molecular weight excluding hydrogens is 470 g/mol. The van der Waals surface area contributed by atoms with E-state index < -0.39 is 4.92 Å². The van der Waals surface area contributed by atoms with Crippen LogP contribution in [0.1, 0.15) is 48.9 Å². The van der Waals surface area contributed by atoms with Gasteiger partial charge in [0.05, 0.1) is 11.5 Å². The molecule has 0 unspecified atom stereocenters. The maximum absolute atomic E-state index is 13.4.